The number of thiophene rings is 1. The third-order valence-corrected chi connectivity index (χ3v) is 5.38. The maximum atomic E-state index is 6.12. The molecule has 3 heterocycles. The number of fused-ring (bicyclic) bond motifs is 3. The highest BCUT2D eigenvalue weighted by molar-refractivity contribution is 7.16. The SMILES string of the molecule is Clc1ccccc1OCc1ccc(-c2nc3c4ccsc4ncn3n2)cc1. The highest BCUT2D eigenvalue weighted by Gasteiger charge is 2.11. The molecule has 0 atom stereocenters. The molecule has 0 N–H and O–H groups in total. The molecular weight excluding hydrogens is 380 g/mol. The maximum absolute atomic E-state index is 6.12. The molecule has 27 heavy (non-hydrogen) atoms. The molecule has 0 saturated carbocycles. The van der Waals surface area contributed by atoms with Gasteiger partial charge in [-0.05, 0) is 29.1 Å². The Bertz CT molecular complexity index is 1250. The predicted octanol–water partition coefficient (Wildman–Crippen LogP) is 5.24. The zero-order valence-corrected chi connectivity index (χ0v) is 15.6. The van der Waals surface area contributed by atoms with Crippen LogP contribution < -0.4 is 4.74 Å². The van der Waals surface area contributed by atoms with E-state index in [0.29, 0.717) is 23.2 Å². The molecule has 132 valence electrons. The lowest BCUT2D eigenvalue weighted by atomic mass is 10.1. The number of benzene rings is 2. The summed E-state index contributed by atoms with van der Waals surface area (Å²) in [5.74, 6) is 1.35. The van der Waals surface area contributed by atoms with Gasteiger partial charge in [0, 0.05) is 5.56 Å². The number of hydrogen-bond acceptors (Lipinski definition) is 5. The van der Waals surface area contributed by atoms with Gasteiger partial charge in [-0.1, -0.05) is 48.0 Å². The lowest BCUT2D eigenvalue weighted by Gasteiger charge is -2.08. The fourth-order valence-electron chi connectivity index (χ4n) is 2.86. The summed E-state index contributed by atoms with van der Waals surface area (Å²) in [5, 5.41) is 8.19. The minimum Gasteiger partial charge on any atom is -0.487 e. The van der Waals surface area contributed by atoms with Crippen molar-refractivity contribution in [2.24, 2.45) is 0 Å². The number of nitrogens with zero attached hydrogens (tertiary/aromatic N) is 4. The molecule has 0 unspecified atom stereocenters. The Morgan fingerprint density at radius 2 is 1.89 bits per heavy atom. The van der Waals surface area contributed by atoms with E-state index in [-0.39, 0.29) is 0 Å². The molecule has 0 aliphatic rings. The zero-order chi connectivity index (χ0) is 18.2. The van der Waals surface area contributed by atoms with Gasteiger partial charge < -0.3 is 4.74 Å². The van der Waals surface area contributed by atoms with E-state index >= 15 is 0 Å². The molecule has 0 radical (unpaired) electrons. The fraction of sp³-hybridized carbons (Fsp3) is 0.0500. The molecule has 0 saturated heterocycles. The van der Waals surface area contributed by atoms with Gasteiger partial charge in [0.15, 0.2) is 11.5 Å². The van der Waals surface area contributed by atoms with E-state index in [1.165, 1.54) is 0 Å². The van der Waals surface area contributed by atoms with E-state index in [0.717, 1.165) is 27.0 Å². The number of aromatic nitrogens is 4. The van der Waals surface area contributed by atoms with Crippen molar-refractivity contribution in [3.8, 4) is 17.1 Å². The first-order valence-electron chi connectivity index (χ1n) is 8.33. The van der Waals surface area contributed by atoms with Crippen LogP contribution in [-0.2, 0) is 6.61 Å². The molecule has 0 aliphatic heterocycles. The molecule has 0 bridgehead atoms. The standard InChI is InChI=1S/C20H13ClN4OS/c21-16-3-1-2-4-17(16)26-11-13-5-7-14(8-6-13)18-23-19-15-9-10-27-20(15)22-12-25(19)24-18/h1-10,12H,11H2. The molecule has 0 spiro atoms. The summed E-state index contributed by atoms with van der Waals surface area (Å²) in [4.78, 5) is 10.1. The van der Waals surface area contributed by atoms with Crippen LogP contribution in [0.25, 0.3) is 27.3 Å². The first kappa shape index (κ1) is 16.2. The van der Waals surface area contributed by atoms with Gasteiger partial charge in [0.25, 0.3) is 0 Å². The van der Waals surface area contributed by atoms with E-state index < -0.39 is 0 Å². The zero-order valence-electron chi connectivity index (χ0n) is 14.0. The summed E-state index contributed by atoms with van der Waals surface area (Å²) in [6.45, 7) is 0.446. The van der Waals surface area contributed by atoms with Gasteiger partial charge in [-0.2, -0.15) is 0 Å². The van der Waals surface area contributed by atoms with Crippen LogP contribution in [-0.4, -0.2) is 19.6 Å². The van der Waals surface area contributed by atoms with Crippen LogP contribution in [0.2, 0.25) is 5.02 Å². The second-order valence-electron chi connectivity index (χ2n) is 6.00. The van der Waals surface area contributed by atoms with Crippen molar-refractivity contribution in [2.75, 3.05) is 0 Å². The lowest BCUT2D eigenvalue weighted by molar-refractivity contribution is 0.306. The van der Waals surface area contributed by atoms with E-state index in [4.69, 9.17) is 16.3 Å². The number of halogens is 1. The second-order valence-corrected chi connectivity index (χ2v) is 7.31. The summed E-state index contributed by atoms with van der Waals surface area (Å²) in [7, 11) is 0. The van der Waals surface area contributed by atoms with Crippen LogP contribution in [0.1, 0.15) is 5.56 Å². The monoisotopic (exact) mass is 392 g/mol. The van der Waals surface area contributed by atoms with Gasteiger partial charge in [-0.25, -0.2) is 14.5 Å². The summed E-state index contributed by atoms with van der Waals surface area (Å²) in [6, 6.07) is 17.5. The Labute approximate surface area is 163 Å². The average molecular weight is 393 g/mol. The van der Waals surface area contributed by atoms with Crippen LogP contribution in [0.3, 0.4) is 0 Å². The van der Waals surface area contributed by atoms with Gasteiger partial charge in [-0.3, -0.25) is 0 Å². The highest BCUT2D eigenvalue weighted by Crippen LogP contribution is 2.26. The van der Waals surface area contributed by atoms with Gasteiger partial charge in [0.2, 0.25) is 0 Å². The van der Waals surface area contributed by atoms with E-state index in [1.54, 1.807) is 22.2 Å². The molecule has 5 nitrogen and oxygen atoms in total. The molecule has 2 aromatic carbocycles. The molecular formula is C20H13ClN4OS. The summed E-state index contributed by atoms with van der Waals surface area (Å²) < 4.78 is 7.50. The quantitative estimate of drug-likeness (QED) is 0.419. The minimum absolute atomic E-state index is 0.446. The van der Waals surface area contributed by atoms with E-state index in [1.807, 2.05) is 60.0 Å². The first-order chi connectivity index (χ1) is 13.3. The fourth-order valence-corrected chi connectivity index (χ4v) is 3.78. The largest absolute Gasteiger partial charge is 0.487 e. The van der Waals surface area contributed by atoms with Crippen LogP contribution in [0, 0.1) is 0 Å². The van der Waals surface area contributed by atoms with Crippen molar-refractivity contribution in [3.63, 3.8) is 0 Å². The average Bonchev–Trinajstić information content (AvgIpc) is 3.34. The number of rotatable bonds is 4. The van der Waals surface area contributed by atoms with Crippen molar-refractivity contribution in [1.29, 1.82) is 0 Å². The molecule has 3 aromatic heterocycles. The summed E-state index contributed by atoms with van der Waals surface area (Å²) in [5.41, 5.74) is 2.82. The van der Waals surface area contributed by atoms with Crippen molar-refractivity contribution in [1.82, 2.24) is 19.6 Å². The number of ether oxygens (including phenoxy) is 1. The van der Waals surface area contributed by atoms with E-state index in [9.17, 15) is 0 Å². The van der Waals surface area contributed by atoms with Crippen LogP contribution in [0.5, 0.6) is 5.75 Å². The third-order valence-electron chi connectivity index (χ3n) is 4.24. The Hall–Kier alpha value is -2.96. The van der Waals surface area contributed by atoms with Crippen molar-refractivity contribution in [3.05, 3.63) is 76.9 Å². The van der Waals surface area contributed by atoms with Crippen LogP contribution >= 0.6 is 22.9 Å². The Morgan fingerprint density at radius 1 is 1.04 bits per heavy atom. The van der Waals surface area contributed by atoms with Gasteiger partial charge >= 0.3 is 0 Å². The summed E-state index contributed by atoms with van der Waals surface area (Å²) in [6.07, 6.45) is 1.70. The first-order valence-corrected chi connectivity index (χ1v) is 9.59. The Balaban J connectivity index is 1.40. The lowest BCUT2D eigenvalue weighted by Crippen LogP contribution is -1.96. The van der Waals surface area contributed by atoms with Crippen molar-refractivity contribution < 1.29 is 4.74 Å². The Kier molecular flexibility index (Phi) is 3.99. The topological polar surface area (TPSA) is 52.3 Å². The molecule has 5 aromatic rings. The third kappa shape index (κ3) is 3.03. The number of para-hydroxylation sites is 1. The minimum atomic E-state index is 0.446. The van der Waals surface area contributed by atoms with Crippen molar-refractivity contribution in [2.45, 2.75) is 6.61 Å². The van der Waals surface area contributed by atoms with Gasteiger partial charge in [-0.15, -0.1) is 16.4 Å². The van der Waals surface area contributed by atoms with Crippen molar-refractivity contribution >= 4 is 38.8 Å². The highest BCUT2D eigenvalue weighted by atomic mass is 35.5. The van der Waals surface area contributed by atoms with Crippen LogP contribution in [0.15, 0.2) is 66.3 Å². The molecule has 0 fully saturated rings. The maximum Gasteiger partial charge on any atom is 0.182 e. The molecule has 5 rings (SSSR count). The normalized spacial score (nSPS) is 11.3. The molecule has 7 heteroatoms. The molecule has 0 amide bonds. The predicted molar refractivity (Wildman–Crippen MR) is 107 cm³/mol. The smallest absolute Gasteiger partial charge is 0.182 e. The summed E-state index contributed by atoms with van der Waals surface area (Å²) >= 11 is 7.72. The van der Waals surface area contributed by atoms with Gasteiger partial charge in [0.05, 0.1) is 10.4 Å². The molecule has 0 aliphatic carbocycles. The van der Waals surface area contributed by atoms with E-state index in [2.05, 4.69) is 15.1 Å². The number of hydrogen-bond donors (Lipinski definition) is 0. The second kappa shape index (κ2) is 6.64. The van der Waals surface area contributed by atoms with Crippen LogP contribution in [0.4, 0.5) is 0 Å². The Morgan fingerprint density at radius 3 is 2.74 bits per heavy atom. The van der Waals surface area contributed by atoms with Gasteiger partial charge in [0.1, 0.15) is 23.5 Å².